The van der Waals surface area contributed by atoms with Gasteiger partial charge in [0.25, 0.3) is 11.6 Å². The average Bonchev–Trinajstić information content (AvgIpc) is 2.81. The van der Waals surface area contributed by atoms with Crippen molar-refractivity contribution in [2.75, 3.05) is 51.3 Å². The third kappa shape index (κ3) is 9.38. The van der Waals surface area contributed by atoms with Crippen LogP contribution in [0.2, 0.25) is 0 Å². The first-order chi connectivity index (χ1) is 15.6. The van der Waals surface area contributed by atoms with Crippen LogP contribution in [0.1, 0.15) is 49.4 Å². The number of carbonyl (C=O) groups excluding carboxylic acids is 1. The number of unbranched alkanes of at least 4 members (excludes halogenated alkanes) is 3. The maximum absolute atomic E-state index is 12.4. The van der Waals surface area contributed by atoms with Gasteiger partial charge >= 0.3 is 0 Å². The van der Waals surface area contributed by atoms with E-state index in [0.717, 1.165) is 65.0 Å². The Kier molecular flexibility index (Phi) is 11.7. The van der Waals surface area contributed by atoms with Gasteiger partial charge in [0.1, 0.15) is 5.69 Å². The number of benzene rings is 1. The van der Waals surface area contributed by atoms with E-state index in [1.165, 1.54) is 6.07 Å². The van der Waals surface area contributed by atoms with Gasteiger partial charge < -0.3 is 15.4 Å². The number of ether oxygens (including phenoxy) is 1. The van der Waals surface area contributed by atoms with E-state index in [2.05, 4.69) is 46.1 Å². The minimum absolute atomic E-state index is 0.154. The highest BCUT2D eigenvalue weighted by molar-refractivity contribution is 5.95. The highest BCUT2D eigenvalue weighted by atomic mass is 16.6. The lowest BCUT2D eigenvalue weighted by Crippen LogP contribution is -2.38. The van der Waals surface area contributed by atoms with Crippen molar-refractivity contribution in [1.29, 1.82) is 0 Å². The molecule has 1 aliphatic rings. The maximum atomic E-state index is 12.4. The molecule has 1 fully saturated rings. The Morgan fingerprint density at radius 2 is 1.97 bits per heavy atom. The molecule has 32 heavy (non-hydrogen) atoms. The Morgan fingerprint density at radius 3 is 2.72 bits per heavy atom. The number of morpholine rings is 1. The molecule has 172 valence electrons. The number of nitrogens with one attached hydrogen (secondary N) is 2. The molecule has 0 aliphatic carbocycles. The largest absolute Gasteiger partial charge is 0.379 e. The Balaban J connectivity index is 1.81. The molecule has 8 heteroatoms. The van der Waals surface area contributed by atoms with Crippen LogP contribution in [-0.4, -0.2) is 61.7 Å². The summed E-state index contributed by atoms with van der Waals surface area (Å²) >= 11 is 0. The minimum atomic E-state index is -0.501. The number of nitro groups is 1. The first-order valence-electron chi connectivity index (χ1n) is 11.2. The molecule has 0 bridgehead atoms. The molecule has 8 nitrogen and oxygen atoms in total. The summed E-state index contributed by atoms with van der Waals surface area (Å²) in [5.41, 5.74) is 0.431. The summed E-state index contributed by atoms with van der Waals surface area (Å²) < 4.78 is 5.32. The Bertz CT molecular complexity index is 873. The van der Waals surface area contributed by atoms with E-state index in [1.807, 2.05) is 0 Å². The van der Waals surface area contributed by atoms with Gasteiger partial charge in [0.05, 0.1) is 24.7 Å². The fraction of sp³-hybridized carbons (Fsp3) is 0.542. The van der Waals surface area contributed by atoms with Crippen LogP contribution in [0.4, 0.5) is 11.4 Å². The molecule has 1 heterocycles. The number of carbonyl (C=O) groups is 1. The maximum Gasteiger partial charge on any atom is 0.293 e. The summed E-state index contributed by atoms with van der Waals surface area (Å²) in [4.78, 5) is 25.6. The third-order valence-corrected chi connectivity index (χ3v) is 5.01. The van der Waals surface area contributed by atoms with E-state index in [1.54, 1.807) is 12.1 Å². The van der Waals surface area contributed by atoms with Gasteiger partial charge in [-0.15, -0.1) is 0 Å². The lowest BCUT2D eigenvalue weighted by molar-refractivity contribution is -0.384. The monoisotopic (exact) mass is 440 g/mol. The van der Waals surface area contributed by atoms with E-state index < -0.39 is 4.92 Å². The van der Waals surface area contributed by atoms with Crippen LogP contribution < -0.4 is 10.6 Å². The topological polar surface area (TPSA) is 96.7 Å². The SMILES string of the molecule is CCCCCC#CC#CCNc1ccc(C(=O)NCCCN2CCOCC2)cc1[N+](=O)[O-]. The van der Waals surface area contributed by atoms with Crippen molar-refractivity contribution in [3.05, 3.63) is 33.9 Å². The fourth-order valence-electron chi connectivity index (χ4n) is 3.20. The van der Waals surface area contributed by atoms with Crippen molar-refractivity contribution < 1.29 is 14.5 Å². The molecule has 0 atom stereocenters. The summed E-state index contributed by atoms with van der Waals surface area (Å²) in [5.74, 6) is 11.1. The summed E-state index contributed by atoms with van der Waals surface area (Å²) in [6.45, 7) is 7.08. The number of anilines is 1. The zero-order chi connectivity index (χ0) is 23.0. The van der Waals surface area contributed by atoms with Crippen molar-refractivity contribution in [2.45, 2.75) is 39.0 Å². The lowest BCUT2D eigenvalue weighted by atomic mass is 10.1. The van der Waals surface area contributed by atoms with Gasteiger partial charge in [0.15, 0.2) is 0 Å². The molecule has 0 aromatic heterocycles. The summed E-state index contributed by atoms with van der Waals surface area (Å²) in [6.07, 6.45) is 5.04. The molecule has 1 aliphatic heterocycles. The van der Waals surface area contributed by atoms with Gasteiger partial charge in [0.2, 0.25) is 0 Å². The number of nitrogens with zero attached hydrogens (tertiary/aromatic N) is 2. The molecular formula is C24H32N4O4. The molecule has 0 radical (unpaired) electrons. The summed E-state index contributed by atoms with van der Waals surface area (Å²) in [5, 5.41) is 17.2. The summed E-state index contributed by atoms with van der Waals surface area (Å²) in [7, 11) is 0. The first-order valence-corrected chi connectivity index (χ1v) is 11.2. The van der Waals surface area contributed by atoms with E-state index in [0.29, 0.717) is 12.2 Å². The van der Waals surface area contributed by atoms with Gasteiger partial charge in [-0.1, -0.05) is 31.6 Å². The molecule has 1 amide bonds. The second-order valence-corrected chi connectivity index (χ2v) is 7.47. The van der Waals surface area contributed by atoms with Crippen molar-refractivity contribution >= 4 is 17.3 Å². The zero-order valence-corrected chi connectivity index (χ0v) is 18.7. The fourth-order valence-corrected chi connectivity index (χ4v) is 3.20. The standard InChI is InChI=1S/C24H32N4O4/c1-2-3-4-5-6-7-8-9-13-25-22-12-11-21(20-23(22)28(30)31)24(29)26-14-10-15-27-16-18-32-19-17-27/h11-12,20,25H,2-5,10,13-19H2,1H3,(H,26,29). The number of nitro benzene ring substituents is 1. The predicted molar refractivity (Wildman–Crippen MR) is 125 cm³/mol. The average molecular weight is 441 g/mol. The molecule has 1 aromatic carbocycles. The Hall–Kier alpha value is -3.07. The molecule has 2 rings (SSSR count). The number of hydrogen-bond acceptors (Lipinski definition) is 6. The normalized spacial score (nSPS) is 13.3. The quantitative estimate of drug-likeness (QED) is 0.238. The van der Waals surface area contributed by atoms with Gasteiger partial charge in [-0.05, 0) is 43.4 Å². The molecule has 1 saturated heterocycles. The van der Waals surface area contributed by atoms with Crippen LogP contribution in [0, 0.1) is 33.8 Å². The smallest absolute Gasteiger partial charge is 0.293 e. The van der Waals surface area contributed by atoms with Crippen LogP contribution in [0.3, 0.4) is 0 Å². The van der Waals surface area contributed by atoms with Crippen molar-refractivity contribution in [3.8, 4) is 23.7 Å². The van der Waals surface area contributed by atoms with E-state index in [-0.39, 0.29) is 23.7 Å². The van der Waals surface area contributed by atoms with Crippen LogP contribution >= 0.6 is 0 Å². The highest BCUT2D eigenvalue weighted by Crippen LogP contribution is 2.25. The summed E-state index contributed by atoms with van der Waals surface area (Å²) in [6, 6.07) is 4.41. The molecule has 2 N–H and O–H groups in total. The van der Waals surface area contributed by atoms with Crippen molar-refractivity contribution in [3.63, 3.8) is 0 Å². The predicted octanol–water partition coefficient (Wildman–Crippen LogP) is 3.05. The van der Waals surface area contributed by atoms with Crippen LogP contribution in [0.15, 0.2) is 18.2 Å². The van der Waals surface area contributed by atoms with Crippen LogP contribution in [0.25, 0.3) is 0 Å². The Morgan fingerprint density at radius 1 is 1.19 bits per heavy atom. The zero-order valence-electron chi connectivity index (χ0n) is 18.7. The number of rotatable bonds is 11. The molecule has 0 unspecified atom stereocenters. The molecule has 0 saturated carbocycles. The van der Waals surface area contributed by atoms with E-state index in [9.17, 15) is 14.9 Å². The van der Waals surface area contributed by atoms with Crippen molar-refractivity contribution in [2.24, 2.45) is 0 Å². The van der Waals surface area contributed by atoms with E-state index >= 15 is 0 Å². The number of amides is 1. The second kappa shape index (κ2) is 14.9. The van der Waals surface area contributed by atoms with Gasteiger partial charge in [0, 0.05) is 37.7 Å². The second-order valence-electron chi connectivity index (χ2n) is 7.47. The lowest BCUT2D eigenvalue weighted by Gasteiger charge is -2.26. The minimum Gasteiger partial charge on any atom is -0.379 e. The third-order valence-electron chi connectivity index (χ3n) is 5.01. The van der Waals surface area contributed by atoms with Gasteiger partial charge in [-0.25, -0.2) is 0 Å². The van der Waals surface area contributed by atoms with E-state index in [4.69, 9.17) is 4.74 Å². The number of hydrogen-bond donors (Lipinski definition) is 2. The van der Waals surface area contributed by atoms with Gasteiger partial charge in [-0.2, -0.15) is 0 Å². The van der Waals surface area contributed by atoms with Crippen molar-refractivity contribution in [1.82, 2.24) is 10.2 Å². The molecule has 0 spiro atoms. The van der Waals surface area contributed by atoms with Crippen LogP contribution in [-0.2, 0) is 4.74 Å². The first kappa shape index (κ1) is 25.2. The molecular weight excluding hydrogens is 408 g/mol. The highest BCUT2D eigenvalue weighted by Gasteiger charge is 2.17. The Labute approximate surface area is 190 Å². The molecule has 1 aromatic rings. The van der Waals surface area contributed by atoms with Crippen LogP contribution in [0.5, 0.6) is 0 Å². The van der Waals surface area contributed by atoms with Gasteiger partial charge in [-0.3, -0.25) is 19.8 Å².